The molecule has 0 bridgehead atoms. The van der Waals surface area contributed by atoms with E-state index in [2.05, 4.69) is 9.97 Å². The van der Waals surface area contributed by atoms with Crippen LogP contribution >= 0.6 is 23.4 Å². The summed E-state index contributed by atoms with van der Waals surface area (Å²) in [6.45, 7) is 1.73. The highest BCUT2D eigenvalue weighted by atomic mass is 35.5. The highest BCUT2D eigenvalue weighted by Crippen LogP contribution is 2.67. The third-order valence-corrected chi connectivity index (χ3v) is 6.53. The van der Waals surface area contributed by atoms with Gasteiger partial charge in [0.1, 0.15) is 5.82 Å². The number of allylic oxidation sites excluding steroid dienone is 1. The van der Waals surface area contributed by atoms with Gasteiger partial charge in [0.05, 0.1) is 15.6 Å². The molecule has 0 amide bonds. The van der Waals surface area contributed by atoms with Crippen LogP contribution in [0.2, 0.25) is 0 Å². The van der Waals surface area contributed by atoms with Crippen molar-refractivity contribution in [2.75, 3.05) is 0 Å². The number of nitrogens with zero attached hydrogens (tertiary/aromatic N) is 1. The molecule has 0 spiro atoms. The van der Waals surface area contributed by atoms with Crippen LogP contribution in [-0.2, 0) is 0 Å². The maximum atomic E-state index is 13.4. The van der Waals surface area contributed by atoms with Crippen LogP contribution < -0.4 is 5.56 Å². The van der Waals surface area contributed by atoms with Gasteiger partial charge >= 0.3 is 0 Å². The molecule has 1 N–H and O–H groups in total. The summed E-state index contributed by atoms with van der Waals surface area (Å²) in [5, 5.41) is -0.0585. The quantitative estimate of drug-likeness (QED) is 0.878. The van der Waals surface area contributed by atoms with Crippen LogP contribution in [0.1, 0.15) is 47.5 Å². The first-order valence-corrected chi connectivity index (χ1v) is 8.64. The maximum Gasteiger partial charge on any atom is 0.255 e. The molecule has 2 aliphatic carbocycles. The fourth-order valence-corrected chi connectivity index (χ4v) is 5.30. The largest absolute Gasteiger partial charge is 0.311 e. The van der Waals surface area contributed by atoms with E-state index in [1.165, 1.54) is 11.8 Å². The first-order valence-electron chi connectivity index (χ1n) is 7.38. The molecule has 1 aromatic heterocycles. The number of thioether (sulfide) groups is 1. The number of hydrogen-bond acceptors (Lipinski definition) is 3. The van der Waals surface area contributed by atoms with Crippen molar-refractivity contribution in [2.45, 2.75) is 43.3 Å². The Morgan fingerprint density at radius 2 is 2.09 bits per heavy atom. The van der Waals surface area contributed by atoms with Crippen LogP contribution in [0.25, 0.3) is 0 Å². The lowest BCUT2D eigenvalue weighted by Crippen LogP contribution is -2.23. The highest BCUT2D eigenvalue weighted by Gasteiger charge is 2.71. The van der Waals surface area contributed by atoms with Crippen LogP contribution in [0.3, 0.4) is 0 Å². The summed E-state index contributed by atoms with van der Waals surface area (Å²) >= 11 is 7.45. The number of fused-ring (bicyclic) bond motifs is 1. The molecule has 4 rings (SSSR count). The molecule has 2 heterocycles. The lowest BCUT2D eigenvalue weighted by molar-refractivity contribution is 0.0692. The van der Waals surface area contributed by atoms with Crippen molar-refractivity contribution in [3.63, 3.8) is 0 Å². The molecule has 3 aliphatic rings. The Labute approximate surface area is 135 Å². The van der Waals surface area contributed by atoms with E-state index in [0.29, 0.717) is 40.7 Å². The number of alkyl halides is 2. The minimum absolute atomic E-state index is 0.0365. The van der Waals surface area contributed by atoms with Gasteiger partial charge in [0.15, 0.2) is 0 Å². The summed E-state index contributed by atoms with van der Waals surface area (Å²) in [6.07, 6.45) is 3.43. The number of H-pyrrole nitrogens is 1. The van der Waals surface area contributed by atoms with Crippen molar-refractivity contribution in [3.8, 4) is 0 Å². The average Bonchev–Trinajstić information content (AvgIpc) is 2.86. The fraction of sp³-hybridized carbons (Fsp3) is 0.600. The Kier molecular flexibility index (Phi) is 3.21. The summed E-state index contributed by atoms with van der Waals surface area (Å²) in [5.41, 5.74) is 1.17. The predicted octanol–water partition coefficient (Wildman–Crippen LogP) is 4.10. The van der Waals surface area contributed by atoms with Gasteiger partial charge in [0, 0.05) is 23.0 Å². The number of aryl methyl sites for hydroxylation is 1. The molecule has 0 aromatic carbocycles. The lowest BCUT2D eigenvalue weighted by atomic mass is 9.93. The van der Waals surface area contributed by atoms with Gasteiger partial charge in [-0.25, -0.2) is 13.8 Å². The van der Waals surface area contributed by atoms with Gasteiger partial charge in [-0.15, -0.1) is 11.8 Å². The second-order valence-corrected chi connectivity index (χ2v) is 8.23. The SMILES string of the molecule is Cc1nc([C@H]2C[C@@H]3[C@H](C2)C3(F)F)c(C2CC=C(Cl)S2)c(=O)[nH]1. The van der Waals surface area contributed by atoms with Crippen molar-refractivity contribution < 1.29 is 8.78 Å². The van der Waals surface area contributed by atoms with E-state index < -0.39 is 17.8 Å². The standard InChI is InChI=1S/C15H15ClF2N2OS/c1-6-19-13(7-4-8-9(5-7)15(8,17)18)12(14(21)20-6)10-2-3-11(16)22-10/h3,7-10H,2,4-5H2,1H3,(H,19,20,21)/t7-,8+,9-,10?. The average molecular weight is 345 g/mol. The van der Waals surface area contributed by atoms with Crippen LogP contribution in [0.15, 0.2) is 15.2 Å². The molecule has 4 atom stereocenters. The first kappa shape index (κ1) is 14.7. The molecule has 1 aromatic rings. The van der Waals surface area contributed by atoms with Crippen molar-refractivity contribution in [1.82, 2.24) is 9.97 Å². The zero-order valence-electron chi connectivity index (χ0n) is 11.9. The molecular formula is C15H15ClF2N2OS. The topological polar surface area (TPSA) is 45.8 Å². The summed E-state index contributed by atoms with van der Waals surface area (Å²) in [5.74, 6) is -3.04. The molecule has 0 radical (unpaired) electrons. The second kappa shape index (κ2) is 4.81. The van der Waals surface area contributed by atoms with Crippen LogP contribution in [0.4, 0.5) is 8.78 Å². The van der Waals surface area contributed by atoms with Crippen molar-refractivity contribution in [2.24, 2.45) is 11.8 Å². The molecule has 1 aliphatic heterocycles. The minimum atomic E-state index is -2.50. The van der Waals surface area contributed by atoms with E-state index >= 15 is 0 Å². The highest BCUT2D eigenvalue weighted by molar-refractivity contribution is 8.05. The van der Waals surface area contributed by atoms with Gasteiger partial charge in [-0.1, -0.05) is 17.7 Å². The number of halogens is 3. The normalized spacial score (nSPS) is 35.4. The van der Waals surface area contributed by atoms with Crippen molar-refractivity contribution in [3.05, 3.63) is 37.9 Å². The summed E-state index contributed by atoms with van der Waals surface area (Å²) in [6, 6.07) is 0. The molecule has 118 valence electrons. The molecule has 22 heavy (non-hydrogen) atoms. The van der Waals surface area contributed by atoms with Gasteiger partial charge in [0.2, 0.25) is 0 Å². The molecule has 2 saturated carbocycles. The molecule has 3 nitrogen and oxygen atoms in total. The van der Waals surface area contributed by atoms with E-state index in [0.717, 1.165) is 0 Å². The van der Waals surface area contributed by atoms with E-state index in [1.54, 1.807) is 6.92 Å². The fourth-order valence-electron chi connectivity index (χ4n) is 3.88. The zero-order chi connectivity index (χ0) is 15.6. The minimum Gasteiger partial charge on any atom is -0.311 e. The van der Waals surface area contributed by atoms with Crippen LogP contribution in [0.5, 0.6) is 0 Å². The molecular weight excluding hydrogens is 330 g/mol. The van der Waals surface area contributed by atoms with E-state index in [-0.39, 0.29) is 16.7 Å². The molecule has 1 unspecified atom stereocenters. The van der Waals surface area contributed by atoms with Crippen LogP contribution in [0, 0.1) is 18.8 Å². The third-order valence-electron chi connectivity index (χ3n) is 5.00. The van der Waals surface area contributed by atoms with Gasteiger partial charge in [-0.05, 0) is 26.2 Å². The molecule has 2 fully saturated rings. The van der Waals surface area contributed by atoms with Gasteiger partial charge in [0.25, 0.3) is 11.5 Å². The lowest BCUT2D eigenvalue weighted by Gasteiger charge is -2.20. The Balaban J connectivity index is 1.69. The number of hydrogen-bond donors (Lipinski definition) is 1. The summed E-state index contributed by atoms with van der Waals surface area (Å²) in [7, 11) is 0. The van der Waals surface area contributed by atoms with Gasteiger partial charge in [-0.2, -0.15) is 0 Å². The Hall–Kier alpha value is -0.880. The smallest absolute Gasteiger partial charge is 0.255 e. The van der Waals surface area contributed by atoms with Crippen molar-refractivity contribution >= 4 is 23.4 Å². The van der Waals surface area contributed by atoms with Gasteiger partial charge < -0.3 is 4.98 Å². The predicted molar refractivity (Wildman–Crippen MR) is 82.4 cm³/mol. The van der Waals surface area contributed by atoms with Gasteiger partial charge in [-0.3, -0.25) is 4.79 Å². The van der Waals surface area contributed by atoms with E-state index in [9.17, 15) is 13.6 Å². The first-order chi connectivity index (χ1) is 10.4. The Bertz CT molecular complexity index is 719. The number of nitrogens with one attached hydrogen (secondary N) is 1. The summed E-state index contributed by atoms with van der Waals surface area (Å²) in [4.78, 5) is 19.7. The Morgan fingerprint density at radius 3 is 2.68 bits per heavy atom. The molecule has 0 saturated heterocycles. The number of aromatic nitrogens is 2. The maximum absolute atomic E-state index is 13.4. The monoisotopic (exact) mass is 344 g/mol. The van der Waals surface area contributed by atoms with Crippen molar-refractivity contribution in [1.29, 1.82) is 0 Å². The number of rotatable bonds is 2. The summed E-state index contributed by atoms with van der Waals surface area (Å²) < 4.78 is 27.5. The van der Waals surface area contributed by atoms with E-state index in [4.69, 9.17) is 11.6 Å². The van der Waals surface area contributed by atoms with Crippen LogP contribution in [-0.4, -0.2) is 15.9 Å². The second-order valence-electron chi connectivity index (χ2n) is 6.36. The molecule has 7 heteroatoms. The third kappa shape index (κ3) is 2.14. The number of aromatic amines is 1. The van der Waals surface area contributed by atoms with E-state index in [1.807, 2.05) is 6.08 Å². The Morgan fingerprint density at radius 1 is 1.41 bits per heavy atom. The zero-order valence-corrected chi connectivity index (χ0v) is 13.5.